The topological polar surface area (TPSA) is 106 Å². The molecule has 2 aromatic carbocycles. The van der Waals surface area contributed by atoms with Gasteiger partial charge in [-0.15, -0.1) is 5.10 Å². The predicted octanol–water partition coefficient (Wildman–Crippen LogP) is 3.14. The summed E-state index contributed by atoms with van der Waals surface area (Å²) in [6.45, 7) is 0. The number of nitrogens with one attached hydrogen (secondary N) is 1. The number of anilines is 2. The maximum Gasteiger partial charge on any atom is 0.335 e. The molecule has 5 rings (SSSR count). The molecule has 0 amide bonds. The van der Waals surface area contributed by atoms with Crippen molar-refractivity contribution in [1.82, 2.24) is 25.0 Å². The van der Waals surface area contributed by atoms with Crippen LogP contribution in [0.3, 0.4) is 0 Å². The highest BCUT2D eigenvalue weighted by Gasteiger charge is 2.15. The molecule has 138 valence electrons. The van der Waals surface area contributed by atoms with Gasteiger partial charge in [0.25, 0.3) is 0 Å². The fourth-order valence-electron chi connectivity index (χ4n) is 3.51. The van der Waals surface area contributed by atoms with Crippen LogP contribution >= 0.6 is 0 Å². The Morgan fingerprint density at radius 1 is 1.11 bits per heavy atom. The van der Waals surface area contributed by atoms with E-state index < -0.39 is 5.97 Å². The quantitative estimate of drug-likeness (QED) is 0.567. The molecule has 2 aromatic heterocycles. The first-order chi connectivity index (χ1) is 13.7. The fourth-order valence-corrected chi connectivity index (χ4v) is 3.51. The van der Waals surface area contributed by atoms with Gasteiger partial charge in [-0.25, -0.2) is 9.78 Å². The van der Waals surface area contributed by atoms with E-state index in [4.69, 9.17) is 5.11 Å². The summed E-state index contributed by atoms with van der Waals surface area (Å²) >= 11 is 0. The van der Waals surface area contributed by atoms with Crippen LogP contribution in [0.25, 0.3) is 16.9 Å². The van der Waals surface area contributed by atoms with Gasteiger partial charge >= 0.3 is 5.97 Å². The first-order valence-electron chi connectivity index (χ1n) is 8.98. The van der Waals surface area contributed by atoms with Crippen LogP contribution in [0.4, 0.5) is 11.6 Å². The molecule has 2 N–H and O–H groups in total. The summed E-state index contributed by atoms with van der Waals surface area (Å²) in [7, 11) is 0. The van der Waals surface area contributed by atoms with E-state index in [1.54, 1.807) is 23.0 Å². The van der Waals surface area contributed by atoms with Gasteiger partial charge in [-0.3, -0.25) is 0 Å². The van der Waals surface area contributed by atoms with Crippen LogP contribution in [0.5, 0.6) is 0 Å². The van der Waals surface area contributed by atoms with E-state index in [0.29, 0.717) is 22.8 Å². The largest absolute Gasteiger partial charge is 0.478 e. The Morgan fingerprint density at radius 3 is 2.89 bits per heavy atom. The third-order valence-corrected chi connectivity index (χ3v) is 4.88. The lowest BCUT2D eigenvalue weighted by atomic mass is 10.1. The van der Waals surface area contributed by atoms with E-state index in [0.717, 1.165) is 18.5 Å². The highest BCUT2D eigenvalue weighted by atomic mass is 16.4. The zero-order chi connectivity index (χ0) is 19.1. The van der Waals surface area contributed by atoms with Gasteiger partial charge in [0, 0.05) is 5.69 Å². The number of nitrogens with zero attached hydrogens (tertiary/aromatic N) is 5. The van der Waals surface area contributed by atoms with E-state index in [1.165, 1.54) is 29.7 Å². The van der Waals surface area contributed by atoms with Crippen molar-refractivity contribution < 1.29 is 9.90 Å². The molecule has 0 spiro atoms. The molecule has 0 bridgehead atoms. The fraction of sp³-hybridized carbons (Fsp3) is 0.150. The number of aromatic carboxylic acids is 1. The van der Waals surface area contributed by atoms with E-state index in [2.05, 4.69) is 37.7 Å². The number of hydrogen-bond donors (Lipinski definition) is 2. The molecular formula is C20H16N6O2. The molecule has 1 aliphatic carbocycles. The molecule has 2 heterocycles. The zero-order valence-corrected chi connectivity index (χ0v) is 14.8. The lowest BCUT2D eigenvalue weighted by Gasteiger charge is -2.07. The van der Waals surface area contributed by atoms with Crippen LogP contribution in [0.15, 0.2) is 48.7 Å². The van der Waals surface area contributed by atoms with Gasteiger partial charge in [-0.05, 0) is 60.7 Å². The number of aromatic nitrogens is 5. The predicted molar refractivity (Wildman–Crippen MR) is 103 cm³/mol. The van der Waals surface area contributed by atoms with Crippen molar-refractivity contribution in [1.29, 1.82) is 0 Å². The molecule has 0 fully saturated rings. The zero-order valence-electron chi connectivity index (χ0n) is 14.8. The number of aryl methyl sites for hydroxylation is 2. The van der Waals surface area contributed by atoms with E-state index in [9.17, 15) is 4.79 Å². The third-order valence-electron chi connectivity index (χ3n) is 4.88. The molecule has 0 radical (unpaired) electrons. The maximum absolute atomic E-state index is 11.1. The van der Waals surface area contributed by atoms with Crippen molar-refractivity contribution >= 4 is 28.8 Å². The minimum absolute atomic E-state index is 0.191. The highest BCUT2D eigenvalue weighted by Crippen LogP contribution is 2.25. The Hall–Kier alpha value is -3.81. The Kier molecular flexibility index (Phi) is 3.75. The van der Waals surface area contributed by atoms with Gasteiger partial charge in [-0.1, -0.05) is 17.3 Å². The summed E-state index contributed by atoms with van der Waals surface area (Å²) in [6, 6.07) is 12.8. The Labute approximate surface area is 159 Å². The first kappa shape index (κ1) is 16.4. The van der Waals surface area contributed by atoms with Crippen molar-refractivity contribution in [2.75, 3.05) is 5.32 Å². The molecule has 8 heteroatoms. The number of rotatable bonds is 4. The highest BCUT2D eigenvalue weighted by molar-refractivity contribution is 5.89. The second kappa shape index (κ2) is 6.41. The molecule has 28 heavy (non-hydrogen) atoms. The van der Waals surface area contributed by atoms with Crippen LogP contribution in [-0.2, 0) is 12.8 Å². The molecular weight excluding hydrogens is 356 g/mol. The van der Waals surface area contributed by atoms with Gasteiger partial charge in [0.2, 0.25) is 5.95 Å². The van der Waals surface area contributed by atoms with Crippen molar-refractivity contribution in [3.05, 3.63) is 65.4 Å². The van der Waals surface area contributed by atoms with Gasteiger partial charge in [0.1, 0.15) is 0 Å². The Morgan fingerprint density at radius 2 is 2.00 bits per heavy atom. The van der Waals surface area contributed by atoms with E-state index in [-0.39, 0.29) is 5.56 Å². The van der Waals surface area contributed by atoms with Crippen LogP contribution in [-0.4, -0.2) is 36.0 Å². The Balaban J connectivity index is 1.52. The average Bonchev–Trinajstić information content (AvgIpc) is 3.34. The van der Waals surface area contributed by atoms with Gasteiger partial charge < -0.3 is 10.4 Å². The van der Waals surface area contributed by atoms with Crippen molar-refractivity contribution in [2.45, 2.75) is 19.3 Å². The summed E-state index contributed by atoms with van der Waals surface area (Å²) in [4.78, 5) is 19.9. The summed E-state index contributed by atoms with van der Waals surface area (Å²) < 4.78 is 1.70. The maximum atomic E-state index is 11.1. The van der Waals surface area contributed by atoms with Gasteiger partial charge in [-0.2, -0.15) is 9.67 Å². The second-order valence-electron chi connectivity index (χ2n) is 6.72. The van der Waals surface area contributed by atoms with Crippen LogP contribution in [0, 0.1) is 0 Å². The molecule has 0 atom stereocenters. The van der Waals surface area contributed by atoms with Gasteiger partial charge in [0.15, 0.2) is 11.2 Å². The van der Waals surface area contributed by atoms with Crippen molar-refractivity contribution in [3.63, 3.8) is 0 Å². The number of benzene rings is 2. The standard InChI is InChI=1S/C20H16N6O2/c27-19(28)14-5-2-6-15(9-14)22-20-21-11-17-18(23-20)26(25-24-17)16-8-7-12-3-1-4-13(12)10-16/h2,5-11H,1,3-4H2,(H,27,28)(H,21,22,23). The monoisotopic (exact) mass is 372 g/mol. The normalized spacial score (nSPS) is 12.9. The van der Waals surface area contributed by atoms with Crippen LogP contribution < -0.4 is 5.32 Å². The SMILES string of the molecule is O=C(O)c1cccc(Nc2ncc3nnn(-c4ccc5c(c4)CCC5)c3n2)c1. The molecule has 0 saturated heterocycles. The smallest absolute Gasteiger partial charge is 0.335 e. The third kappa shape index (κ3) is 2.84. The molecule has 1 aliphatic rings. The summed E-state index contributed by atoms with van der Waals surface area (Å²) in [5.74, 6) is -0.640. The Bertz CT molecular complexity index is 1220. The minimum Gasteiger partial charge on any atom is -0.478 e. The number of carboxylic acids is 1. The lowest BCUT2D eigenvalue weighted by molar-refractivity contribution is 0.0697. The summed E-state index contributed by atoms with van der Waals surface area (Å²) in [5, 5.41) is 20.6. The molecule has 8 nitrogen and oxygen atoms in total. The number of carboxylic acid groups (broad SMARTS) is 1. The van der Waals surface area contributed by atoms with Crippen LogP contribution in [0.1, 0.15) is 27.9 Å². The number of hydrogen-bond acceptors (Lipinski definition) is 6. The van der Waals surface area contributed by atoms with Gasteiger partial charge in [0.05, 0.1) is 17.4 Å². The van der Waals surface area contributed by atoms with Crippen LogP contribution in [0.2, 0.25) is 0 Å². The molecule has 4 aromatic rings. The molecule has 0 aliphatic heterocycles. The van der Waals surface area contributed by atoms with E-state index >= 15 is 0 Å². The molecule has 0 unspecified atom stereocenters. The summed E-state index contributed by atoms with van der Waals surface area (Å²) in [6.07, 6.45) is 4.99. The van der Waals surface area contributed by atoms with Crippen molar-refractivity contribution in [2.24, 2.45) is 0 Å². The minimum atomic E-state index is -0.987. The van der Waals surface area contributed by atoms with E-state index in [1.807, 2.05) is 6.07 Å². The second-order valence-corrected chi connectivity index (χ2v) is 6.72. The number of carbonyl (C=O) groups is 1. The molecule has 0 saturated carbocycles. The first-order valence-corrected chi connectivity index (χ1v) is 8.98. The van der Waals surface area contributed by atoms with Crippen molar-refractivity contribution in [3.8, 4) is 5.69 Å². The average molecular weight is 372 g/mol. The lowest BCUT2D eigenvalue weighted by Crippen LogP contribution is -2.03. The summed E-state index contributed by atoms with van der Waals surface area (Å²) in [5.41, 5.74) is 5.62. The number of fused-ring (bicyclic) bond motifs is 2.